The normalized spacial score (nSPS) is 16.2. The zero-order valence-corrected chi connectivity index (χ0v) is 7.49. The van der Waals surface area contributed by atoms with Crippen LogP contribution >= 0.6 is 0 Å². The van der Waals surface area contributed by atoms with E-state index in [4.69, 9.17) is 11.0 Å². The van der Waals surface area contributed by atoms with Crippen LogP contribution < -0.4 is 5.73 Å². The predicted molar refractivity (Wildman–Crippen MR) is 50.0 cm³/mol. The fourth-order valence-electron chi connectivity index (χ4n) is 0.573. The maximum Gasteiger partial charge on any atom is 0.214 e. The van der Waals surface area contributed by atoms with Gasteiger partial charge in [0.25, 0.3) is 0 Å². The molecule has 0 spiro atoms. The van der Waals surface area contributed by atoms with Crippen molar-refractivity contribution < 1.29 is 0 Å². The fraction of sp³-hybridized carbons (Fsp3) is 0.625. The van der Waals surface area contributed by atoms with Crippen molar-refractivity contribution in [2.24, 2.45) is 27.6 Å². The molecule has 0 aliphatic rings. The van der Waals surface area contributed by atoms with E-state index in [-0.39, 0.29) is 17.8 Å². The number of nitrogens with two attached hydrogens (primary N) is 1. The quantitative estimate of drug-likeness (QED) is 0.497. The molecule has 0 radical (unpaired) electrons. The zero-order chi connectivity index (χ0) is 9.56. The average molecular weight is 166 g/mol. The van der Waals surface area contributed by atoms with Crippen molar-refractivity contribution in [3.8, 4) is 6.07 Å². The van der Waals surface area contributed by atoms with Gasteiger partial charge in [-0.15, -0.1) is 0 Å². The van der Waals surface area contributed by atoms with Crippen LogP contribution in [0.4, 0.5) is 0 Å². The van der Waals surface area contributed by atoms with Gasteiger partial charge in [-0.3, -0.25) is 4.99 Å². The predicted octanol–water partition coefficient (Wildman–Crippen LogP) is 0.797. The van der Waals surface area contributed by atoms with Crippen LogP contribution in [0.5, 0.6) is 0 Å². The molecule has 66 valence electrons. The van der Waals surface area contributed by atoms with E-state index in [1.165, 1.54) is 0 Å². The third kappa shape index (κ3) is 3.71. The molecule has 0 aliphatic heterocycles. The number of rotatable bonds is 3. The summed E-state index contributed by atoms with van der Waals surface area (Å²) in [6, 6.07) is 2.15. The Hall–Kier alpha value is -1.37. The number of nitrogens with zero attached hydrogens (tertiary/aromatic N) is 3. The van der Waals surface area contributed by atoms with Gasteiger partial charge in [-0.1, -0.05) is 6.92 Å². The van der Waals surface area contributed by atoms with Crippen molar-refractivity contribution in [3.63, 3.8) is 0 Å². The smallest absolute Gasteiger partial charge is 0.214 e. The van der Waals surface area contributed by atoms with Gasteiger partial charge in [0.15, 0.2) is 0 Å². The minimum atomic E-state index is -0.00800. The lowest BCUT2D eigenvalue weighted by atomic mass is 9.98. The lowest BCUT2D eigenvalue weighted by Gasteiger charge is -2.09. The third-order valence-corrected chi connectivity index (χ3v) is 1.76. The van der Waals surface area contributed by atoms with Crippen molar-refractivity contribution in [3.05, 3.63) is 0 Å². The van der Waals surface area contributed by atoms with Gasteiger partial charge in [0.2, 0.25) is 5.96 Å². The summed E-state index contributed by atoms with van der Waals surface area (Å²) < 4.78 is 0. The lowest BCUT2D eigenvalue weighted by molar-refractivity contribution is 0.481. The minimum absolute atomic E-state index is 0.00800. The summed E-state index contributed by atoms with van der Waals surface area (Å²) in [5.41, 5.74) is 5.30. The molecule has 0 aromatic heterocycles. The standard InChI is InChI=1S/C8H14N4/c1-6(4-9)7(2)5-12-8(10)11-3/h6-7H,3,5H2,1-2H3,(H2,10,12)/t6-,7?/m1/s1. The first-order valence-corrected chi connectivity index (χ1v) is 3.78. The molecule has 0 saturated heterocycles. The largest absolute Gasteiger partial charge is 0.368 e. The Morgan fingerprint density at radius 3 is 2.67 bits per heavy atom. The minimum Gasteiger partial charge on any atom is -0.368 e. The van der Waals surface area contributed by atoms with Crippen molar-refractivity contribution in [1.82, 2.24) is 0 Å². The molecule has 0 aromatic carbocycles. The fourth-order valence-corrected chi connectivity index (χ4v) is 0.573. The molecule has 4 nitrogen and oxygen atoms in total. The van der Waals surface area contributed by atoms with Crippen molar-refractivity contribution in [1.29, 1.82) is 5.26 Å². The van der Waals surface area contributed by atoms with Crippen LogP contribution in [0, 0.1) is 23.2 Å². The Kier molecular flexibility index (Phi) is 4.70. The van der Waals surface area contributed by atoms with Crippen molar-refractivity contribution >= 4 is 12.7 Å². The van der Waals surface area contributed by atoms with Crippen LogP contribution in [0.2, 0.25) is 0 Å². The molecule has 0 saturated carbocycles. The summed E-state index contributed by atoms with van der Waals surface area (Å²) >= 11 is 0. The number of guanidine groups is 1. The Bertz CT molecular complexity index is 214. The first-order valence-electron chi connectivity index (χ1n) is 3.78. The summed E-state index contributed by atoms with van der Waals surface area (Å²) in [7, 11) is 0. The average Bonchev–Trinajstić information content (AvgIpc) is 2.11. The zero-order valence-electron chi connectivity index (χ0n) is 7.49. The van der Waals surface area contributed by atoms with Gasteiger partial charge in [-0.05, 0) is 19.6 Å². The van der Waals surface area contributed by atoms with E-state index in [9.17, 15) is 0 Å². The molecule has 0 aliphatic carbocycles. The van der Waals surface area contributed by atoms with Crippen molar-refractivity contribution in [2.75, 3.05) is 6.54 Å². The van der Waals surface area contributed by atoms with Crippen LogP contribution in [0.15, 0.2) is 9.98 Å². The monoisotopic (exact) mass is 166 g/mol. The third-order valence-electron chi connectivity index (χ3n) is 1.76. The van der Waals surface area contributed by atoms with Crippen LogP contribution in [0.1, 0.15) is 13.8 Å². The van der Waals surface area contributed by atoms with E-state index in [1.807, 2.05) is 13.8 Å². The van der Waals surface area contributed by atoms with Crippen LogP contribution in [0.25, 0.3) is 0 Å². The van der Waals surface area contributed by atoms with Crippen molar-refractivity contribution in [2.45, 2.75) is 13.8 Å². The Morgan fingerprint density at radius 1 is 1.67 bits per heavy atom. The summed E-state index contributed by atoms with van der Waals surface area (Å²) in [4.78, 5) is 7.37. The highest BCUT2D eigenvalue weighted by atomic mass is 15.0. The summed E-state index contributed by atoms with van der Waals surface area (Å²) in [6.07, 6.45) is 0. The van der Waals surface area contributed by atoms with E-state index in [2.05, 4.69) is 22.8 Å². The highest BCUT2D eigenvalue weighted by Gasteiger charge is 2.09. The van der Waals surface area contributed by atoms with Gasteiger partial charge in [0, 0.05) is 12.5 Å². The van der Waals surface area contributed by atoms with Crippen LogP contribution in [-0.4, -0.2) is 19.2 Å². The molecule has 12 heavy (non-hydrogen) atoms. The molecule has 4 heteroatoms. The maximum atomic E-state index is 8.56. The summed E-state index contributed by atoms with van der Waals surface area (Å²) in [6.45, 7) is 7.57. The number of aliphatic imine (C=N–C) groups is 2. The van der Waals surface area contributed by atoms with E-state index in [0.29, 0.717) is 6.54 Å². The maximum absolute atomic E-state index is 8.56. The van der Waals surface area contributed by atoms with E-state index in [0.717, 1.165) is 0 Å². The SMILES string of the molecule is C=N/C(N)=N\CC(C)[C@H](C)C#N. The van der Waals surface area contributed by atoms with Gasteiger partial charge in [-0.2, -0.15) is 5.26 Å². The molecule has 0 aromatic rings. The van der Waals surface area contributed by atoms with E-state index < -0.39 is 0 Å². The molecule has 2 N–H and O–H groups in total. The highest BCUT2D eigenvalue weighted by Crippen LogP contribution is 2.09. The molecule has 2 atom stereocenters. The van der Waals surface area contributed by atoms with Crippen LogP contribution in [0.3, 0.4) is 0 Å². The second-order valence-electron chi connectivity index (χ2n) is 2.75. The van der Waals surface area contributed by atoms with Gasteiger partial charge in [0.05, 0.1) is 6.07 Å². The Morgan fingerprint density at radius 2 is 2.25 bits per heavy atom. The first kappa shape index (κ1) is 10.6. The van der Waals surface area contributed by atoms with E-state index in [1.54, 1.807) is 0 Å². The molecular formula is C8H14N4. The molecule has 0 heterocycles. The Balaban J connectivity index is 3.95. The highest BCUT2D eigenvalue weighted by molar-refractivity contribution is 5.82. The molecule has 0 bridgehead atoms. The Labute approximate surface area is 72.8 Å². The summed E-state index contributed by atoms with van der Waals surface area (Å²) in [5.74, 6) is 0.383. The number of nitriles is 1. The number of hydrogen-bond donors (Lipinski definition) is 1. The van der Waals surface area contributed by atoms with Crippen LogP contribution in [-0.2, 0) is 0 Å². The van der Waals surface area contributed by atoms with Gasteiger partial charge >= 0.3 is 0 Å². The topological polar surface area (TPSA) is 74.5 Å². The number of hydrogen-bond acceptors (Lipinski definition) is 2. The van der Waals surface area contributed by atoms with Gasteiger partial charge in [0.1, 0.15) is 0 Å². The second kappa shape index (κ2) is 5.30. The summed E-state index contributed by atoms with van der Waals surface area (Å²) in [5, 5.41) is 8.56. The second-order valence-corrected chi connectivity index (χ2v) is 2.75. The van der Waals surface area contributed by atoms with E-state index >= 15 is 0 Å². The van der Waals surface area contributed by atoms with Gasteiger partial charge in [-0.25, -0.2) is 4.99 Å². The molecule has 0 rings (SSSR count). The van der Waals surface area contributed by atoms with Gasteiger partial charge < -0.3 is 5.73 Å². The first-order chi connectivity index (χ1) is 5.61. The molecular weight excluding hydrogens is 152 g/mol. The molecule has 0 amide bonds. The molecule has 0 fully saturated rings. The molecule has 1 unspecified atom stereocenters. The lowest BCUT2D eigenvalue weighted by Crippen LogP contribution is -2.14.